The molecule has 3 aromatic rings. The number of aliphatic hydroxyl groups excluding tert-OH is 1. The molecule has 1 heterocycles. The van der Waals surface area contributed by atoms with Gasteiger partial charge in [0.1, 0.15) is 12.3 Å². The number of hydrogen-bond donors (Lipinski definition) is 2. The summed E-state index contributed by atoms with van der Waals surface area (Å²) in [6, 6.07) is 11.0. The van der Waals surface area contributed by atoms with Crippen LogP contribution in [0.25, 0.3) is 11.4 Å². The molecule has 1 aromatic heterocycles. The van der Waals surface area contributed by atoms with E-state index < -0.39 is 17.8 Å². The number of alkyl halides is 3. The van der Waals surface area contributed by atoms with Crippen LogP contribution in [0.5, 0.6) is 0 Å². The second-order valence-electron chi connectivity index (χ2n) is 7.80. The van der Waals surface area contributed by atoms with Gasteiger partial charge in [0.25, 0.3) is 0 Å². The molecule has 2 atom stereocenters. The predicted octanol–water partition coefficient (Wildman–Crippen LogP) is 4.37. The average Bonchev–Trinajstić information content (AvgIpc) is 3.29. The van der Waals surface area contributed by atoms with Crippen LogP contribution in [0.1, 0.15) is 23.9 Å². The Hall–Kier alpha value is -2.95. The van der Waals surface area contributed by atoms with E-state index in [-0.39, 0.29) is 24.2 Å². The summed E-state index contributed by atoms with van der Waals surface area (Å²) in [7, 11) is 1.90. The molecule has 0 amide bonds. The van der Waals surface area contributed by atoms with Gasteiger partial charge in [0, 0.05) is 42.8 Å². The van der Waals surface area contributed by atoms with Crippen LogP contribution in [-0.4, -0.2) is 48.3 Å². The molecule has 182 valence electrons. The van der Waals surface area contributed by atoms with Crippen molar-refractivity contribution in [2.75, 3.05) is 31.6 Å². The van der Waals surface area contributed by atoms with Gasteiger partial charge in [-0.25, -0.2) is 0 Å². The van der Waals surface area contributed by atoms with Crippen molar-refractivity contribution in [1.29, 1.82) is 0 Å². The largest absolute Gasteiger partial charge is 0.416 e. The monoisotopic (exact) mass is 496 g/mol. The van der Waals surface area contributed by atoms with E-state index in [1.165, 1.54) is 12.1 Å². The number of nitrogens with one attached hydrogen (secondary N) is 1. The molecule has 0 saturated carbocycles. The number of aromatic nitrogens is 2. The van der Waals surface area contributed by atoms with Crippen molar-refractivity contribution >= 4 is 23.6 Å². The second kappa shape index (κ2) is 11.5. The summed E-state index contributed by atoms with van der Waals surface area (Å²) < 4.78 is 43.5. The first-order valence-electron chi connectivity index (χ1n) is 10.5. The lowest BCUT2D eigenvalue weighted by molar-refractivity contribution is -0.137. The summed E-state index contributed by atoms with van der Waals surface area (Å²) >= 11 is 5.93. The molecular weight excluding hydrogens is 473 g/mol. The number of carbonyl (C=O) groups is 1. The number of halogens is 4. The topological polar surface area (TPSA) is 91.5 Å². The predicted molar refractivity (Wildman–Crippen MR) is 121 cm³/mol. The van der Waals surface area contributed by atoms with Crippen LogP contribution in [0, 0.1) is 5.92 Å². The average molecular weight is 497 g/mol. The zero-order chi connectivity index (χ0) is 24.7. The van der Waals surface area contributed by atoms with E-state index in [9.17, 15) is 23.1 Å². The van der Waals surface area contributed by atoms with Gasteiger partial charge in [-0.2, -0.15) is 18.2 Å². The highest BCUT2D eigenvalue weighted by molar-refractivity contribution is 6.30. The molecule has 0 aliphatic rings. The maximum Gasteiger partial charge on any atom is 0.416 e. The van der Waals surface area contributed by atoms with E-state index in [0.717, 1.165) is 24.1 Å². The molecule has 0 aliphatic carbocycles. The molecule has 2 N–H and O–H groups in total. The maximum absolute atomic E-state index is 12.8. The zero-order valence-corrected chi connectivity index (χ0v) is 19.1. The molecule has 2 aromatic carbocycles. The Labute approximate surface area is 199 Å². The number of hydrogen-bond acceptors (Lipinski definition) is 7. The lowest BCUT2D eigenvalue weighted by atomic mass is 10.0. The summed E-state index contributed by atoms with van der Waals surface area (Å²) in [4.78, 5) is 17.4. The van der Waals surface area contributed by atoms with Crippen molar-refractivity contribution < 1.29 is 27.6 Å². The van der Waals surface area contributed by atoms with Gasteiger partial charge in [0.15, 0.2) is 0 Å². The number of anilines is 1. The summed E-state index contributed by atoms with van der Waals surface area (Å²) in [6.07, 6.45) is -3.30. The van der Waals surface area contributed by atoms with Crippen LogP contribution in [0.15, 0.2) is 53.1 Å². The minimum atomic E-state index is -4.44. The van der Waals surface area contributed by atoms with Crippen LogP contribution < -0.4 is 10.2 Å². The van der Waals surface area contributed by atoms with Crippen LogP contribution in [0.3, 0.4) is 0 Å². The van der Waals surface area contributed by atoms with Gasteiger partial charge >= 0.3 is 6.18 Å². The van der Waals surface area contributed by atoms with Gasteiger partial charge in [0.05, 0.1) is 12.2 Å². The first-order valence-corrected chi connectivity index (χ1v) is 10.8. The Bertz CT molecular complexity index is 1060. The fourth-order valence-corrected chi connectivity index (χ4v) is 3.51. The molecule has 0 spiro atoms. The lowest BCUT2D eigenvalue weighted by Crippen LogP contribution is -2.35. The third kappa shape index (κ3) is 6.78. The Morgan fingerprint density at radius 2 is 1.85 bits per heavy atom. The van der Waals surface area contributed by atoms with Crippen molar-refractivity contribution in [3.05, 3.63) is 65.0 Å². The molecule has 0 fully saturated rings. The summed E-state index contributed by atoms with van der Waals surface area (Å²) in [5, 5.41) is 17.4. The smallest absolute Gasteiger partial charge is 0.394 e. The van der Waals surface area contributed by atoms with E-state index in [0.29, 0.717) is 30.1 Å². The Kier molecular flexibility index (Phi) is 8.65. The lowest BCUT2D eigenvalue weighted by Gasteiger charge is -2.26. The van der Waals surface area contributed by atoms with E-state index in [1.807, 2.05) is 24.1 Å². The summed E-state index contributed by atoms with van der Waals surface area (Å²) in [5.41, 5.74) is 0.514. The maximum atomic E-state index is 12.8. The third-order valence-electron chi connectivity index (χ3n) is 5.27. The van der Waals surface area contributed by atoms with Crippen LogP contribution in [0.2, 0.25) is 5.02 Å². The van der Waals surface area contributed by atoms with E-state index in [4.69, 9.17) is 16.1 Å². The van der Waals surface area contributed by atoms with Crippen molar-refractivity contribution in [1.82, 2.24) is 15.5 Å². The van der Waals surface area contributed by atoms with Gasteiger partial charge in [-0.1, -0.05) is 28.9 Å². The molecule has 0 aliphatic heterocycles. The van der Waals surface area contributed by atoms with E-state index in [1.54, 1.807) is 12.1 Å². The normalized spacial score (nSPS) is 13.5. The van der Waals surface area contributed by atoms with Crippen molar-refractivity contribution in [2.45, 2.75) is 18.6 Å². The zero-order valence-electron chi connectivity index (χ0n) is 18.3. The number of aliphatic hydroxyl groups is 1. The van der Waals surface area contributed by atoms with Gasteiger partial charge in [0.2, 0.25) is 11.7 Å². The fraction of sp³-hybridized carbons (Fsp3) is 0.348. The van der Waals surface area contributed by atoms with Crippen LogP contribution in [-0.2, 0) is 11.0 Å². The second-order valence-corrected chi connectivity index (χ2v) is 8.24. The Morgan fingerprint density at radius 1 is 1.18 bits per heavy atom. The first kappa shape index (κ1) is 25.7. The van der Waals surface area contributed by atoms with Gasteiger partial charge in [-0.15, -0.1) is 0 Å². The number of nitrogens with zero attached hydrogens (tertiary/aromatic N) is 3. The molecular formula is C23H24ClF3N4O3. The number of benzene rings is 2. The van der Waals surface area contributed by atoms with Gasteiger partial charge < -0.3 is 24.6 Å². The van der Waals surface area contributed by atoms with E-state index in [2.05, 4.69) is 15.5 Å². The van der Waals surface area contributed by atoms with Gasteiger partial charge in [-0.3, -0.25) is 0 Å². The standard InChI is InChI=1S/C23H24ClF3N4O3/c1-31(19-8-6-18(24)7-9-19)13-15(10-11-32)12-28-20(14-33)22-29-21(30-34-22)16-2-4-17(5-3-16)23(25,26)27/h2-9,11,15,20,28,33H,10,12-14H2,1H3/t15?,20-/m0/s1. The molecule has 7 nitrogen and oxygen atoms in total. The molecule has 11 heteroatoms. The molecule has 3 rings (SSSR count). The van der Waals surface area contributed by atoms with E-state index >= 15 is 0 Å². The van der Waals surface area contributed by atoms with Crippen molar-refractivity contribution in [2.24, 2.45) is 5.92 Å². The number of carbonyl (C=O) groups excluding carboxylic acids is 1. The molecule has 0 bridgehead atoms. The highest BCUT2D eigenvalue weighted by atomic mass is 35.5. The Morgan fingerprint density at radius 3 is 2.44 bits per heavy atom. The molecule has 34 heavy (non-hydrogen) atoms. The first-order chi connectivity index (χ1) is 16.2. The Balaban J connectivity index is 1.64. The highest BCUT2D eigenvalue weighted by Gasteiger charge is 2.30. The third-order valence-corrected chi connectivity index (χ3v) is 5.53. The van der Waals surface area contributed by atoms with Crippen LogP contribution >= 0.6 is 11.6 Å². The quantitative estimate of drug-likeness (QED) is 0.381. The summed E-state index contributed by atoms with van der Waals surface area (Å²) in [6.45, 7) is 0.585. The summed E-state index contributed by atoms with van der Waals surface area (Å²) in [5.74, 6) is 0.119. The number of rotatable bonds is 11. The SMILES string of the molecule is CN(CC(CC=O)CN[C@@H](CO)c1nc(-c2ccc(C(F)(F)F)cc2)no1)c1ccc(Cl)cc1. The minimum absolute atomic E-state index is 0.0791. The molecule has 0 saturated heterocycles. The molecule has 0 radical (unpaired) electrons. The minimum Gasteiger partial charge on any atom is -0.394 e. The molecule has 1 unspecified atom stereocenters. The van der Waals surface area contributed by atoms with Crippen molar-refractivity contribution in [3.8, 4) is 11.4 Å². The van der Waals surface area contributed by atoms with Crippen molar-refractivity contribution in [3.63, 3.8) is 0 Å². The highest BCUT2D eigenvalue weighted by Crippen LogP contribution is 2.30. The van der Waals surface area contributed by atoms with Gasteiger partial charge in [-0.05, 0) is 42.3 Å². The fourth-order valence-electron chi connectivity index (χ4n) is 3.39. The van der Waals surface area contributed by atoms with Crippen LogP contribution in [0.4, 0.5) is 18.9 Å². The number of aldehydes is 1.